The van der Waals surface area contributed by atoms with Crippen LogP contribution in [0.2, 0.25) is 0 Å². The van der Waals surface area contributed by atoms with E-state index in [1.165, 1.54) is 6.33 Å². The van der Waals surface area contributed by atoms with Crippen molar-refractivity contribution in [3.8, 4) is 5.69 Å². The smallest absolute Gasteiger partial charge is 0.167 e. The largest absolute Gasteiger partial charge is 0.383 e. The topological polar surface area (TPSA) is 82.5 Å². The zero-order chi connectivity index (χ0) is 14.4. The van der Waals surface area contributed by atoms with Crippen molar-refractivity contribution in [1.29, 1.82) is 0 Å². The van der Waals surface area contributed by atoms with Gasteiger partial charge in [0.15, 0.2) is 11.3 Å². The van der Waals surface area contributed by atoms with Crippen LogP contribution in [0, 0.1) is 6.92 Å². The molecule has 4 rings (SSSR count). The molecule has 0 radical (unpaired) electrons. The molecule has 1 aromatic carbocycles. The van der Waals surface area contributed by atoms with Crippen molar-refractivity contribution in [2.75, 3.05) is 5.73 Å². The lowest BCUT2D eigenvalue weighted by Crippen LogP contribution is -1.99. The molecular formula is C15H12N6. The van der Waals surface area contributed by atoms with E-state index in [9.17, 15) is 0 Å². The summed E-state index contributed by atoms with van der Waals surface area (Å²) in [6.45, 7) is 1.95. The molecule has 0 aliphatic rings. The molecule has 6 heteroatoms. The van der Waals surface area contributed by atoms with Crippen molar-refractivity contribution in [3.05, 3.63) is 48.4 Å². The number of para-hydroxylation sites is 1. The average molecular weight is 276 g/mol. The van der Waals surface area contributed by atoms with Crippen LogP contribution in [-0.4, -0.2) is 24.7 Å². The molecule has 3 heterocycles. The van der Waals surface area contributed by atoms with Crippen LogP contribution in [0.1, 0.15) is 5.69 Å². The van der Waals surface area contributed by atoms with Gasteiger partial charge in [0.2, 0.25) is 0 Å². The number of hydrogen-bond acceptors (Lipinski definition) is 5. The SMILES string of the molecule is Cc1nn(-c2ccccc2)c2nc3ncnc(N)c3cc12. The van der Waals surface area contributed by atoms with Gasteiger partial charge < -0.3 is 5.73 Å². The molecule has 0 amide bonds. The normalized spacial score (nSPS) is 11.3. The van der Waals surface area contributed by atoms with Gasteiger partial charge >= 0.3 is 0 Å². The summed E-state index contributed by atoms with van der Waals surface area (Å²) in [4.78, 5) is 12.8. The van der Waals surface area contributed by atoms with Crippen molar-refractivity contribution in [2.24, 2.45) is 0 Å². The van der Waals surface area contributed by atoms with E-state index in [2.05, 4.69) is 20.1 Å². The standard InChI is InChI=1S/C15H12N6/c1-9-11-7-12-13(16)17-8-18-14(12)19-15(11)21(20-9)10-5-3-2-4-6-10/h2-8H,1H3,(H2,16,17,18,19). The number of rotatable bonds is 1. The first-order valence-electron chi connectivity index (χ1n) is 6.56. The zero-order valence-electron chi connectivity index (χ0n) is 11.4. The van der Waals surface area contributed by atoms with Crippen LogP contribution in [0.25, 0.3) is 27.8 Å². The lowest BCUT2D eigenvalue weighted by molar-refractivity contribution is 0.878. The summed E-state index contributed by atoms with van der Waals surface area (Å²) < 4.78 is 1.82. The molecule has 0 aliphatic carbocycles. The molecular weight excluding hydrogens is 264 g/mol. The third-order valence-corrected chi connectivity index (χ3v) is 3.48. The predicted octanol–water partition coefficient (Wildman–Crippen LogP) is 2.25. The number of nitrogens with two attached hydrogens (primary N) is 1. The Hall–Kier alpha value is -3.02. The van der Waals surface area contributed by atoms with E-state index < -0.39 is 0 Å². The summed E-state index contributed by atoms with van der Waals surface area (Å²) >= 11 is 0. The fourth-order valence-electron chi connectivity index (χ4n) is 2.42. The molecule has 0 saturated heterocycles. The van der Waals surface area contributed by atoms with Gasteiger partial charge in [-0.1, -0.05) is 18.2 Å². The minimum Gasteiger partial charge on any atom is -0.383 e. The van der Waals surface area contributed by atoms with Gasteiger partial charge in [0.05, 0.1) is 16.8 Å². The maximum absolute atomic E-state index is 5.90. The number of aryl methyl sites for hydroxylation is 1. The van der Waals surface area contributed by atoms with Crippen LogP contribution in [0.15, 0.2) is 42.7 Å². The Morgan fingerprint density at radius 2 is 1.86 bits per heavy atom. The number of fused-ring (bicyclic) bond motifs is 2. The van der Waals surface area contributed by atoms with Gasteiger partial charge in [0, 0.05) is 5.39 Å². The van der Waals surface area contributed by atoms with Crippen molar-refractivity contribution < 1.29 is 0 Å². The first-order valence-corrected chi connectivity index (χ1v) is 6.56. The fourth-order valence-corrected chi connectivity index (χ4v) is 2.42. The Labute approximate surface area is 120 Å². The van der Waals surface area contributed by atoms with Crippen molar-refractivity contribution in [2.45, 2.75) is 6.92 Å². The van der Waals surface area contributed by atoms with Crippen LogP contribution < -0.4 is 5.73 Å². The monoisotopic (exact) mass is 276 g/mol. The molecule has 0 atom stereocenters. The number of hydrogen-bond donors (Lipinski definition) is 1. The van der Waals surface area contributed by atoms with Gasteiger partial charge in [-0.15, -0.1) is 0 Å². The highest BCUT2D eigenvalue weighted by molar-refractivity contribution is 5.95. The highest BCUT2D eigenvalue weighted by Crippen LogP contribution is 2.25. The Morgan fingerprint density at radius 1 is 1.05 bits per heavy atom. The molecule has 0 spiro atoms. The molecule has 21 heavy (non-hydrogen) atoms. The number of nitrogens with zero attached hydrogens (tertiary/aromatic N) is 5. The molecule has 0 saturated carbocycles. The van der Waals surface area contributed by atoms with Crippen molar-refractivity contribution in [1.82, 2.24) is 24.7 Å². The van der Waals surface area contributed by atoms with Crippen LogP contribution in [0.5, 0.6) is 0 Å². The number of anilines is 1. The molecule has 0 bridgehead atoms. The highest BCUT2D eigenvalue weighted by atomic mass is 15.3. The fraction of sp³-hybridized carbons (Fsp3) is 0.0667. The summed E-state index contributed by atoms with van der Waals surface area (Å²) in [5.41, 5.74) is 9.10. The summed E-state index contributed by atoms with van der Waals surface area (Å²) in [7, 11) is 0. The second kappa shape index (κ2) is 4.24. The quantitative estimate of drug-likeness (QED) is 0.576. The zero-order valence-corrected chi connectivity index (χ0v) is 11.4. The Bertz CT molecular complexity index is 958. The molecule has 6 nitrogen and oxygen atoms in total. The van der Waals surface area contributed by atoms with E-state index >= 15 is 0 Å². The van der Waals surface area contributed by atoms with Crippen LogP contribution >= 0.6 is 0 Å². The first-order chi connectivity index (χ1) is 10.2. The number of benzene rings is 1. The molecule has 0 aliphatic heterocycles. The molecule has 3 aromatic heterocycles. The maximum Gasteiger partial charge on any atom is 0.167 e. The first kappa shape index (κ1) is 11.8. The van der Waals surface area contributed by atoms with Gasteiger partial charge in [-0.3, -0.25) is 0 Å². The van der Waals surface area contributed by atoms with Crippen LogP contribution in [0.3, 0.4) is 0 Å². The minimum absolute atomic E-state index is 0.432. The second-order valence-electron chi connectivity index (χ2n) is 4.82. The third-order valence-electron chi connectivity index (χ3n) is 3.48. The Balaban J connectivity index is 2.11. The van der Waals surface area contributed by atoms with Crippen LogP contribution in [-0.2, 0) is 0 Å². The van der Waals surface area contributed by atoms with Crippen molar-refractivity contribution in [3.63, 3.8) is 0 Å². The minimum atomic E-state index is 0.432. The van der Waals surface area contributed by atoms with Gasteiger partial charge in [-0.05, 0) is 25.1 Å². The second-order valence-corrected chi connectivity index (χ2v) is 4.82. The summed E-state index contributed by atoms with van der Waals surface area (Å²) in [6, 6.07) is 11.9. The molecule has 0 unspecified atom stereocenters. The lowest BCUT2D eigenvalue weighted by atomic mass is 10.2. The van der Waals surface area contributed by atoms with Gasteiger partial charge in [-0.25, -0.2) is 19.6 Å². The van der Waals surface area contributed by atoms with E-state index in [-0.39, 0.29) is 0 Å². The van der Waals surface area contributed by atoms with Crippen LogP contribution in [0.4, 0.5) is 5.82 Å². The molecule has 4 aromatic rings. The number of aromatic nitrogens is 5. The van der Waals surface area contributed by atoms with E-state index in [4.69, 9.17) is 5.73 Å². The van der Waals surface area contributed by atoms with Gasteiger partial charge in [-0.2, -0.15) is 5.10 Å². The lowest BCUT2D eigenvalue weighted by Gasteiger charge is -2.03. The van der Waals surface area contributed by atoms with Gasteiger partial charge in [0.25, 0.3) is 0 Å². The number of nitrogen functional groups attached to an aromatic ring is 1. The molecule has 0 fully saturated rings. The number of pyridine rings is 1. The third kappa shape index (κ3) is 1.73. The summed E-state index contributed by atoms with van der Waals surface area (Å²) in [5.74, 6) is 0.432. The van der Waals surface area contributed by atoms with Gasteiger partial charge in [0.1, 0.15) is 12.1 Å². The highest BCUT2D eigenvalue weighted by Gasteiger charge is 2.13. The average Bonchev–Trinajstić information content (AvgIpc) is 2.84. The van der Waals surface area contributed by atoms with E-state index in [0.29, 0.717) is 11.5 Å². The van der Waals surface area contributed by atoms with E-state index in [1.807, 2.05) is 48.0 Å². The maximum atomic E-state index is 5.90. The Morgan fingerprint density at radius 3 is 2.67 bits per heavy atom. The van der Waals surface area contributed by atoms with Crippen molar-refractivity contribution >= 4 is 27.9 Å². The van der Waals surface area contributed by atoms with E-state index in [0.717, 1.165) is 27.8 Å². The molecule has 2 N–H and O–H groups in total. The molecule has 102 valence electrons. The Kier molecular flexibility index (Phi) is 2.38. The predicted molar refractivity (Wildman–Crippen MR) is 81.1 cm³/mol. The van der Waals surface area contributed by atoms with E-state index in [1.54, 1.807) is 0 Å². The summed E-state index contributed by atoms with van der Waals surface area (Å²) in [5, 5.41) is 6.28. The summed E-state index contributed by atoms with van der Waals surface area (Å²) in [6.07, 6.45) is 1.42.